The van der Waals surface area contributed by atoms with Crippen LogP contribution in [0.4, 0.5) is 4.79 Å². The highest BCUT2D eigenvalue weighted by atomic mass is 16.6. The van der Waals surface area contributed by atoms with Crippen molar-refractivity contribution in [3.8, 4) is 5.75 Å². The predicted octanol–water partition coefficient (Wildman–Crippen LogP) is 2.79. The molecule has 33 heavy (non-hydrogen) atoms. The van der Waals surface area contributed by atoms with Crippen molar-refractivity contribution in [2.45, 2.75) is 71.6 Å². The molecule has 1 rings (SSSR count). The van der Waals surface area contributed by atoms with Crippen LogP contribution in [0, 0.1) is 5.92 Å². The Balaban J connectivity index is 2.85. The number of hydrogen-bond donors (Lipinski definition) is 2. The maximum Gasteiger partial charge on any atom is 0.408 e. The molecule has 1 unspecified atom stereocenters. The zero-order valence-corrected chi connectivity index (χ0v) is 20.5. The van der Waals surface area contributed by atoms with Crippen molar-refractivity contribution < 1.29 is 33.4 Å². The van der Waals surface area contributed by atoms with Crippen LogP contribution in [0.1, 0.15) is 53.0 Å². The average molecular weight is 465 g/mol. The molecule has 0 aliphatic rings. The number of carbonyl (C=O) groups is 4. The summed E-state index contributed by atoms with van der Waals surface area (Å²) in [5.41, 5.74) is 0.0810. The summed E-state index contributed by atoms with van der Waals surface area (Å²) in [5, 5.41) is 5.22. The second kappa shape index (κ2) is 12.8. The number of ketones is 1. The zero-order valence-electron chi connectivity index (χ0n) is 20.5. The number of Topliss-reactive ketones (excluding diaryl/α,β-unsaturated/α-hetero) is 1. The van der Waals surface area contributed by atoms with Crippen LogP contribution < -0.4 is 15.4 Å². The van der Waals surface area contributed by atoms with Gasteiger partial charge in [0, 0.05) is 12.8 Å². The lowest BCUT2D eigenvalue weighted by atomic mass is 9.99. The molecule has 1 aromatic rings. The summed E-state index contributed by atoms with van der Waals surface area (Å²) >= 11 is 0. The number of esters is 1. The van der Waals surface area contributed by atoms with Crippen molar-refractivity contribution >= 4 is 23.8 Å². The van der Waals surface area contributed by atoms with Gasteiger partial charge >= 0.3 is 12.1 Å². The van der Waals surface area contributed by atoms with Crippen molar-refractivity contribution in [1.29, 1.82) is 0 Å². The molecule has 0 radical (unpaired) electrons. The van der Waals surface area contributed by atoms with E-state index in [0.29, 0.717) is 5.75 Å². The fraction of sp³-hybridized carbons (Fsp3) is 0.583. The Bertz CT molecular complexity index is 813. The van der Waals surface area contributed by atoms with E-state index in [2.05, 4.69) is 10.6 Å². The van der Waals surface area contributed by atoms with Crippen molar-refractivity contribution in [2.75, 3.05) is 14.2 Å². The first kappa shape index (κ1) is 27.9. The summed E-state index contributed by atoms with van der Waals surface area (Å²) in [4.78, 5) is 49.4. The minimum Gasteiger partial charge on any atom is -0.497 e. The van der Waals surface area contributed by atoms with Crippen molar-refractivity contribution in [3.63, 3.8) is 0 Å². The predicted molar refractivity (Wildman–Crippen MR) is 123 cm³/mol. The zero-order chi connectivity index (χ0) is 25.2. The van der Waals surface area contributed by atoms with E-state index in [1.165, 1.54) is 7.11 Å². The Morgan fingerprint density at radius 3 is 2.03 bits per heavy atom. The lowest BCUT2D eigenvalue weighted by Gasteiger charge is -2.23. The number of hydrogen-bond acceptors (Lipinski definition) is 7. The number of carbonyl (C=O) groups excluding carboxylic acids is 4. The Morgan fingerprint density at radius 1 is 0.939 bits per heavy atom. The van der Waals surface area contributed by atoms with Crippen LogP contribution in [0.5, 0.6) is 5.75 Å². The molecule has 9 nitrogen and oxygen atoms in total. The summed E-state index contributed by atoms with van der Waals surface area (Å²) in [5.74, 6) is -0.829. The summed E-state index contributed by atoms with van der Waals surface area (Å²) in [7, 11) is 2.81. The first-order valence-electron chi connectivity index (χ1n) is 10.9. The normalized spacial score (nSPS) is 13.0. The maximum atomic E-state index is 12.9. The lowest BCUT2D eigenvalue weighted by molar-refractivity contribution is -0.146. The molecule has 2 N–H and O–H groups in total. The molecule has 0 aliphatic carbocycles. The number of methoxy groups -OCH3 is 2. The van der Waals surface area contributed by atoms with Gasteiger partial charge in [0.25, 0.3) is 0 Å². The molecule has 0 aromatic heterocycles. The summed E-state index contributed by atoms with van der Waals surface area (Å²) < 4.78 is 15.1. The molecule has 0 saturated heterocycles. The second-order valence-electron chi connectivity index (χ2n) is 9.03. The van der Waals surface area contributed by atoms with Crippen molar-refractivity contribution in [3.05, 3.63) is 29.8 Å². The minimum atomic E-state index is -0.887. The third-order valence-corrected chi connectivity index (χ3v) is 4.72. The van der Waals surface area contributed by atoms with Gasteiger partial charge in [0.15, 0.2) is 5.78 Å². The molecule has 0 aliphatic heterocycles. The molecule has 0 heterocycles. The number of amides is 2. The standard InChI is InChI=1S/C24H36N2O7/c1-15(2)21(22(29)32-7)26-20(28)13-12-19(27)18(25-23(30)33-24(3,4)5)14-16-8-10-17(31-6)11-9-16/h8-11,15,18,21H,12-14H2,1-7H3,(H,25,30)(H,26,28)/t18-,21?/m0/s1. The van der Waals surface area contributed by atoms with Gasteiger partial charge < -0.3 is 24.8 Å². The van der Waals surface area contributed by atoms with Crippen molar-refractivity contribution in [1.82, 2.24) is 10.6 Å². The third kappa shape index (κ3) is 10.4. The largest absolute Gasteiger partial charge is 0.497 e. The lowest BCUT2D eigenvalue weighted by Crippen LogP contribution is -2.46. The molecule has 2 amide bonds. The monoisotopic (exact) mass is 464 g/mol. The molecule has 9 heteroatoms. The molecule has 1 aromatic carbocycles. The SMILES string of the molecule is COC(=O)C(NC(=O)CCC(=O)[C@H](Cc1ccc(OC)cc1)NC(=O)OC(C)(C)C)C(C)C. The molecule has 0 bridgehead atoms. The quantitative estimate of drug-likeness (QED) is 0.483. The summed E-state index contributed by atoms with van der Waals surface area (Å²) in [6.07, 6.45) is -0.743. The van der Waals surface area contributed by atoms with E-state index in [9.17, 15) is 19.2 Å². The van der Waals surface area contributed by atoms with Crippen LogP contribution in [0.25, 0.3) is 0 Å². The Morgan fingerprint density at radius 2 is 1.55 bits per heavy atom. The number of nitrogens with one attached hydrogen (secondary N) is 2. The Kier molecular flexibility index (Phi) is 10.8. The van der Waals surface area contributed by atoms with E-state index in [1.807, 2.05) is 0 Å². The fourth-order valence-electron chi connectivity index (χ4n) is 2.97. The number of benzene rings is 1. The summed E-state index contributed by atoms with van der Waals surface area (Å²) in [6.45, 7) is 8.74. The van der Waals surface area contributed by atoms with Gasteiger partial charge in [-0.25, -0.2) is 9.59 Å². The highest BCUT2D eigenvalue weighted by Crippen LogP contribution is 2.15. The molecule has 0 saturated carbocycles. The topological polar surface area (TPSA) is 120 Å². The van der Waals surface area contributed by atoms with Crippen molar-refractivity contribution in [2.24, 2.45) is 5.92 Å². The highest BCUT2D eigenvalue weighted by Gasteiger charge is 2.27. The van der Waals surface area contributed by atoms with Gasteiger partial charge in [-0.2, -0.15) is 0 Å². The molecule has 184 valence electrons. The van der Waals surface area contributed by atoms with Gasteiger partial charge in [0.05, 0.1) is 20.3 Å². The summed E-state index contributed by atoms with van der Waals surface area (Å²) in [6, 6.07) is 5.43. The van der Waals surface area contributed by atoms with Crippen LogP contribution in [0.2, 0.25) is 0 Å². The first-order chi connectivity index (χ1) is 15.4. The van der Waals surface area contributed by atoms with E-state index in [-0.39, 0.29) is 31.0 Å². The van der Waals surface area contributed by atoms with Crippen LogP contribution in [0.3, 0.4) is 0 Å². The smallest absolute Gasteiger partial charge is 0.408 e. The molecular formula is C24H36N2O7. The van der Waals surface area contributed by atoms with Gasteiger partial charge in [0.1, 0.15) is 17.4 Å². The van der Waals surface area contributed by atoms with Crippen LogP contribution >= 0.6 is 0 Å². The van der Waals surface area contributed by atoms with Crippen LogP contribution in [-0.4, -0.2) is 55.7 Å². The van der Waals surface area contributed by atoms with Crippen LogP contribution in [0.15, 0.2) is 24.3 Å². The second-order valence-corrected chi connectivity index (χ2v) is 9.03. The molecule has 2 atom stereocenters. The van der Waals surface area contributed by atoms with Gasteiger partial charge in [-0.15, -0.1) is 0 Å². The molecule has 0 spiro atoms. The van der Waals surface area contributed by atoms with E-state index >= 15 is 0 Å². The van der Waals surface area contributed by atoms with Gasteiger partial charge in [-0.3, -0.25) is 9.59 Å². The fourth-order valence-corrected chi connectivity index (χ4v) is 2.97. The van der Waals surface area contributed by atoms with Gasteiger partial charge in [0.2, 0.25) is 5.91 Å². The number of alkyl carbamates (subject to hydrolysis) is 1. The van der Waals surface area contributed by atoms with Gasteiger partial charge in [-0.1, -0.05) is 26.0 Å². The van der Waals surface area contributed by atoms with E-state index in [1.54, 1.807) is 66.0 Å². The Labute approximate surface area is 195 Å². The minimum absolute atomic E-state index is 0.117. The molecular weight excluding hydrogens is 428 g/mol. The molecule has 0 fully saturated rings. The average Bonchev–Trinajstić information content (AvgIpc) is 2.73. The van der Waals surface area contributed by atoms with E-state index in [0.717, 1.165) is 5.56 Å². The third-order valence-electron chi connectivity index (χ3n) is 4.72. The Hall–Kier alpha value is -3.10. The van der Waals surface area contributed by atoms with E-state index < -0.39 is 35.7 Å². The number of ether oxygens (including phenoxy) is 3. The maximum absolute atomic E-state index is 12.9. The highest BCUT2D eigenvalue weighted by molar-refractivity contribution is 5.91. The number of rotatable bonds is 11. The van der Waals surface area contributed by atoms with Crippen LogP contribution in [-0.2, 0) is 30.3 Å². The van der Waals surface area contributed by atoms with E-state index in [4.69, 9.17) is 14.2 Å². The van der Waals surface area contributed by atoms with Gasteiger partial charge in [-0.05, 0) is 50.8 Å². The first-order valence-corrected chi connectivity index (χ1v) is 10.9.